The van der Waals surface area contributed by atoms with E-state index in [4.69, 9.17) is 4.74 Å². The van der Waals surface area contributed by atoms with Crippen molar-refractivity contribution >= 4 is 23.2 Å². The van der Waals surface area contributed by atoms with Gasteiger partial charge in [-0.2, -0.15) is 0 Å². The van der Waals surface area contributed by atoms with Gasteiger partial charge in [0.25, 0.3) is 5.91 Å². The highest BCUT2D eigenvalue weighted by atomic mass is 16.5. The number of ether oxygens (including phenoxy) is 1. The molecule has 0 saturated carbocycles. The molecule has 2 N–H and O–H groups in total. The first-order chi connectivity index (χ1) is 14.9. The van der Waals surface area contributed by atoms with E-state index in [-0.39, 0.29) is 18.4 Å². The van der Waals surface area contributed by atoms with Gasteiger partial charge in [-0.25, -0.2) is 0 Å². The number of morpholine rings is 1. The number of carbonyl (C=O) groups is 2. The molecule has 2 amide bonds. The van der Waals surface area contributed by atoms with Crippen LogP contribution in [-0.2, 0) is 20.9 Å². The summed E-state index contributed by atoms with van der Waals surface area (Å²) in [7, 11) is 3.67. The molecule has 1 fully saturated rings. The van der Waals surface area contributed by atoms with Crippen molar-refractivity contribution in [2.75, 3.05) is 63.7 Å². The number of aryl methyl sites for hydroxylation is 1. The van der Waals surface area contributed by atoms with E-state index in [1.165, 1.54) is 16.0 Å². The highest BCUT2D eigenvalue weighted by molar-refractivity contribution is 5.94. The number of amides is 2. The van der Waals surface area contributed by atoms with E-state index in [0.29, 0.717) is 6.54 Å². The summed E-state index contributed by atoms with van der Waals surface area (Å²) in [5, 5.41) is 2.88. The Morgan fingerprint density at radius 3 is 2.45 bits per heavy atom. The van der Waals surface area contributed by atoms with E-state index in [0.717, 1.165) is 49.1 Å². The highest BCUT2D eigenvalue weighted by Crippen LogP contribution is 2.19. The van der Waals surface area contributed by atoms with Gasteiger partial charge in [0.15, 0.2) is 6.54 Å². The zero-order valence-corrected chi connectivity index (χ0v) is 18.7. The first-order valence-electron chi connectivity index (χ1n) is 10.7. The molecular weight excluding hydrogens is 392 g/mol. The van der Waals surface area contributed by atoms with Crippen LogP contribution in [0.5, 0.6) is 0 Å². The minimum Gasteiger partial charge on any atom is -0.378 e. The van der Waals surface area contributed by atoms with Gasteiger partial charge in [0, 0.05) is 37.1 Å². The van der Waals surface area contributed by atoms with E-state index in [2.05, 4.69) is 29.3 Å². The molecule has 0 spiro atoms. The second-order valence-corrected chi connectivity index (χ2v) is 8.18. The Morgan fingerprint density at radius 1 is 1.10 bits per heavy atom. The molecule has 0 aromatic heterocycles. The van der Waals surface area contributed by atoms with Crippen molar-refractivity contribution in [2.24, 2.45) is 0 Å². The van der Waals surface area contributed by atoms with Crippen molar-refractivity contribution in [1.82, 2.24) is 4.90 Å². The van der Waals surface area contributed by atoms with E-state index >= 15 is 0 Å². The normalized spacial score (nSPS) is 14.7. The number of carbonyl (C=O) groups excluding carboxylic acids is 2. The number of rotatable bonds is 8. The third-order valence-corrected chi connectivity index (χ3v) is 5.54. The van der Waals surface area contributed by atoms with Gasteiger partial charge in [-0.15, -0.1) is 0 Å². The minimum atomic E-state index is -0.202. The van der Waals surface area contributed by atoms with Crippen LogP contribution in [0.15, 0.2) is 48.5 Å². The predicted molar refractivity (Wildman–Crippen MR) is 122 cm³/mol. The molecular formula is C24H33N4O3+. The molecule has 1 unspecified atom stereocenters. The molecule has 1 aliphatic heterocycles. The van der Waals surface area contributed by atoms with E-state index in [9.17, 15) is 9.59 Å². The Morgan fingerprint density at radius 2 is 1.77 bits per heavy atom. The first kappa shape index (κ1) is 22.8. The number of hydrogen-bond donors (Lipinski definition) is 2. The zero-order valence-electron chi connectivity index (χ0n) is 18.7. The number of anilines is 2. The average molecular weight is 426 g/mol. The summed E-state index contributed by atoms with van der Waals surface area (Å²) in [6.45, 7) is 6.44. The number of likely N-dealkylation sites (N-methyl/N-ethyl adjacent to an activating group) is 2. The summed E-state index contributed by atoms with van der Waals surface area (Å²) < 4.78 is 5.38. The van der Waals surface area contributed by atoms with E-state index < -0.39 is 0 Å². The largest absolute Gasteiger partial charge is 0.378 e. The Balaban J connectivity index is 1.44. The van der Waals surface area contributed by atoms with Crippen LogP contribution in [0.4, 0.5) is 11.4 Å². The molecule has 2 aromatic carbocycles. The molecule has 31 heavy (non-hydrogen) atoms. The van der Waals surface area contributed by atoms with Gasteiger partial charge in [-0.05, 0) is 36.8 Å². The van der Waals surface area contributed by atoms with Crippen LogP contribution in [0.3, 0.4) is 0 Å². The summed E-state index contributed by atoms with van der Waals surface area (Å²) in [5.74, 6) is -0.254. The molecule has 2 aromatic rings. The Labute approximate surface area is 184 Å². The van der Waals surface area contributed by atoms with E-state index in [1.54, 1.807) is 7.05 Å². The topological polar surface area (TPSA) is 66.3 Å². The number of hydrogen-bond acceptors (Lipinski definition) is 4. The van der Waals surface area contributed by atoms with Crippen LogP contribution in [0, 0.1) is 6.92 Å². The number of quaternary nitrogens is 1. The molecule has 7 nitrogen and oxygen atoms in total. The monoisotopic (exact) mass is 425 g/mol. The Kier molecular flexibility index (Phi) is 8.03. The van der Waals surface area contributed by atoms with Crippen molar-refractivity contribution in [3.05, 3.63) is 59.7 Å². The molecule has 1 saturated heterocycles. The SMILES string of the molecule is Cc1ccccc1C[NH+](C)CC(=O)N(C)CC(=O)Nc1ccc(N2CCOCC2)cc1. The quantitative estimate of drug-likeness (QED) is 0.661. The van der Waals surface area contributed by atoms with Gasteiger partial charge < -0.3 is 24.8 Å². The standard InChI is InChI=1S/C24H32N4O3/c1-19-6-4-5-7-20(19)16-26(2)18-24(30)27(3)17-23(29)25-21-8-10-22(11-9-21)28-12-14-31-15-13-28/h4-11H,12-18H2,1-3H3,(H,25,29)/p+1. The van der Waals surface area contributed by atoms with Gasteiger partial charge in [0.05, 0.1) is 26.8 Å². The Bertz CT molecular complexity index is 879. The van der Waals surface area contributed by atoms with Crippen LogP contribution >= 0.6 is 0 Å². The smallest absolute Gasteiger partial charge is 0.277 e. The van der Waals surface area contributed by atoms with Crippen LogP contribution in [-0.4, -0.2) is 70.2 Å². The van der Waals surface area contributed by atoms with Gasteiger partial charge >= 0.3 is 0 Å². The van der Waals surface area contributed by atoms with Gasteiger partial charge in [-0.3, -0.25) is 9.59 Å². The fourth-order valence-corrected chi connectivity index (χ4v) is 3.67. The van der Waals surface area contributed by atoms with Gasteiger partial charge in [0.2, 0.25) is 5.91 Å². The van der Waals surface area contributed by atoms with Crippen LogP contribution < -0.4 is 15.1 Å². The number of benzene rings is 2. The van der Waals surface area contributed by atoms with Crippen molar-refractivity contribution in [3.8, 4) is 0 Å². The molecule has 0 aliphatic carbocycles. The van der Waals surface area contributed by atoms with Gasteiger partial charge in [0.1, 0.15) is 6.54 Å². The number of nitrogens with zero attached hydrogens (tertiary/aromatic N) is 2. The van der Waals surface area contributed by atoms with Crippen molar-refractivity contribution in [1.29, 1.82) is 0 Å². The van der Waals surface area contributed by atoms with Crippen LogP contribution in [0.1, 0.15) is 11.1 Å². The fourth-order valence-electron chi connectivity index (χ4n) is 3.67. The maximum absolute atomic E-state index is 12.5. The molecule has 0 bridgehead atoms. The summed E-state index contributed by atoms with van der Waals surface area (Å²) in [6.07, 6.45) is 0. The van der Waals surface area contributed by atoms with Crippen LogP contribution in [0.2, 0.25) is 0 Å². The maximum Gasteiger partial charge on any atom is 0.277 e. The molecule has 166 valence electrons. The second kappa shape index (κ2) is 10.9. The maximum atomic E-state index is 12.5. The Hall–Kier alpha value is -2.90. The summed E-state index contributed by atoms with van der Waals surface area (Å²) in [4.78, 5) is 29.8. The zero-order chi connectivity index (χ0) is 22.2. The molecule has 1 aliphatic rings. The number of nitrogens with one attached hydrogen (secondary N) is 2. The summed E-state index contributed by atoms with van der Waals surface area (Å²) in [5.41, 5.74) is 4.30. The predicted octanol–water partition coefficient (Wildman–Crippen LogP) is 0.943. The lowest BCUT2D eigenvalue weighted by Crippen LogP contribution is -3.08. The summed E-state index contributed by atoms with van der Waals surface area (Å²) >= 11 is 0. The first-order valence-corrected chi connectivity index (χ1v) is 10.7. The van der Waals surface area contributed by atoms with Crippen LogP contribution in [0.25, 0.3) is 0 Å². The minimum absolute atomic E-state index is 0.0295. The van der Waals surface area contributed by atoms with Crippen molar-refractivity contribution < 1.29 is 19.2 Å². The fraction of sp³-hybridized carbons (Fsp3) is 0.417. The molecule has 7 heteroatoms. The third kappa shape index (κ3) is 6.80. The highest BCUT2D eigenvalue weighted by Gasteiger charge is 2.18. The molecule has 0 radical (unpaired) electrons. The van der Waals surface area contributed by atoms with Crippen molar-refractivity contribution in [3.63, 3.8) is 0 Å². The van der Waals surface area contributed by atoms with E-state index in [1.807, 2.05) is 43.4 Å². The summed E-state index contributed by atoms with van der Waals surface area (Å²) in [6, 6.07) is 16.0. The van der Waals surface area contributed by atoms with Gasteiger partial charge in [-0.1, -0.05) is 24.3 Å². The molecule has 1 atom stereocenters. The second-order valence-electron chi connectivity index (χ2n) is 8.18. The molecule has 3 rings (SSSR count). The van der Waals surface area contributed by atoms with Crippen molar-refractivity contribution in [2.45, 2.75) is 13.5 Å². The third-order valence-electron chi connectivity index (χ3n) is 5.54. The lowest BCUT2D eigenvalue weighted by Gasteiger charge is -2.28. The molecule has 1 heterocycles. The average Bonchev–Trinajstić information content (AvgIpc) is 2.76. The lowest BCUT2D eigenvalue weighted by atomic mass is 10.1. The lowest BCUT2D eigenvalue weighted by molar-refractivity contribution is -0.885.